The van der Waals surface area contributed by atoms with E-state index in [0.717, 1.165) is 42.6 Å². The van der Waals surface area contributed by atoms with Crippen LogP contribution < -0.4 is 5.32 Å². The van der Waals surface area contributed by atoms with Crippen molar-refractivity contribution in [2.45, 2.75) is 43.1 Å². The summed E-state index contributed by atoms with van der Waals surface area (Å²) in [6, 6.07) is 15.2. The van der Waals surface area contributed by atoms with Crippen molar-refractivity contribution in [1.82, 2.24) is 15.2 Å². The van der Waals surface area contributed by atoms with Gasteiger partial charge < -0.3 is 14.6 Å². The first kappa shape index (κ1) is 21.4. The molecule has 1 aliphatic heterocycles. The number of carbonyl (C=O) groups excluding carboxylic acids is 2. The Hall–Kier alpha value is -2.80. The van der Waals surface area contributed by atoms with Crippen molar-refractivity contribution in [2.24, 2.45) is 0 Å². The number of aromatic nitrogens is 1. The van der Waals surface area contributed by atoms with Crippen LogP contribution >= 0.6 is 11.8 Å². The summed E-state index contributed by atoms with van der Waals surface area (Å²) in [5.74, 6) is 0.544. The zero-order valence-corrected chi connectivity index (χ0v) is 18.3. The highest BCUT2D eigenvalue weighted by Gasteiger charge is 2.17. The van der Waals surface area contributed by atoms with Gasteiger partial charge in [0.2, 0.25) is 5.91 Å². The molecule has 3 aromatic rings. The number of nitrogens with one attached hydrogen (secondary N) is 1. The van der Waals surface area contributed by atoms with Crippen molar-refractivity contribution < 1.29 is 14.0 Å². The molecule has 1 fully saturated rings. The fourth-order valence-electron chi connectivity index (χ4n) is 3.78. The Morgan fingerprint density at radius 3 is 2.55 bits per heavy atom. The molecule has 1 aromatic heterocycles. The van der Waals surface area contributed by atoms with Crippen LogP contribution in [-0.4, -0.2) is 41.3 Å². The molecule has 0 spiro atoms. The molecule has 1 aliphatic rings. The van der Waals surface area contributed by atoms with Gasteiger partial charge in [0.25, 0.3) is 11.1 Å². The molecule has 0 unspecified atom stereocenters. The van der Waals surface area contributed by atoms with Crippen LogP contribution in [0.3, 0.4) is 0 Å². The summed E-state index contributed by atoms with van der Waals surface area (Å²) in [4.78, 5) is 31.6. The van der Waals surface area contributed by atoms with Crippen LogP contribution in [0.4, 0.5) is 0 Å². The minimum absolute atomic E-state index is 0.127. The van der Waals surface area contributed by atoms with Crippen LogP contribution in [0.1, 0.15) is 48.0 Å². The molecule has 0 radical (unpaired) electrons. The lowest BCUT2D eigenvalue weighted by atomic mass is 10.1. The lowest BCUT2D eigenvalue weighted by molar-refractivity contribution is -0.131. The number of likely N-dealkylation sites (tertiary alicyclic amines) is 1. The standard InChI is InChI=1S/C24H27N3O3S/c28-22(27-15-7-1-2-8-16-27)13-14-25-23(29)19-10-4-3-9-18(19)17-31-24-26-20-11-5-6-12-21(20)30-24/h3-6,9-12H,1-2,7-8,13-17H2,(H,25,29). The van der Waals surface area contributed by atoms with Gasteiger partial charge in [-0.15, -0.1) is 0 Å². The van der Waals surface area contributed by atoms with E-state index in [2.05, 4.69) is 10.3 Å². The Kier molecular flexibility index (Phi) is 7.25. The third-order valence-electron chi connectivity index (χ3n) is 5.47. The van der Waals surface area contributed by atoms with Crippen molar-refractivity contribution in [3.05, 3.63) is 59.7 Å². The maximum atomic E-state index is 12.7. The van der Waals surface area contributed by atoms with Gasteiger partial charge in [0, 0.05) is 37.4 Å². The Morgan fingerprint density at radius 2 is 1.74 bits per heavy atom. The molecule has 7 heteroatoms. The molecule has 0 bridgehead atoms. The van der Waals surface area contributed by atoms with E-state index in [1.165, 1.54) is 24.6 Å². The minimum Gasteiger partial charge on any atom is -0.431 e. The number of fused-ring (bicyclic) bond motifs is 1. The molecule has 2 aromatic carbocycles. The zero-order valence-electron chi connectivity index (χ0n) is 17.5. The monoisotopic (exact) mass is 437 g/mol. The van der Waals surface area contributed by atoms with Gasteiger partial charge in [0.1, 0.15) is 5.52 Å². The van der Waals surface area contributed by atoms with Gasteiger partial charge in [-0.25, -0.2) is 4.98 Å². The summed E-state index contributed by atoms with van der Waals surface area (Å²) in [7, 11) is 0. The fraction of sp³-hybridized carbons (Fsp3) is 0.375. The maximum absolute atomic E-state index is 12.7. The van der Waals surface area contributed by atoms with Crippen molar-refractivity contribution in [1.29, 1.82) is 0 Å². The number of hydrogen-bond acceptors (Lipinski definition) is 5. The SMILES string of the molecule is O=C(NCCC(=O)N1CCCCCC1)c1ccccc1CSc1nc2ccccc2o1. The molecule has 6 nitrogen and oxygen atoms in total. The first-order chi connectivity index (χ1) is 15.2. The predicted molar refractivity (Wildman–Crippen MR) is 122 cm³/mol. The van der Waals surface area contributed by atoms with Gasteiger partial charge in [0.05, 0.1) is 0 Å². The topological polar surface area (TPSA) is 75.4 Å². The summed E-state index contributed by atoms with van der Waals surface area (Å²) in [6.07, 6.45) is 4.87. The molecular weight excluding hydrogens is 410 g/mol. The van der Waals surface area contributed by atoms with Gasteiger partial charge in [-0.2, -0.15) is 0 Å². The number of rotatable bonds is 7. The second-order valence-corrected chi connectivity index (χ2v) is 8.62. The van der Waals surface area contributed by atoms with E-state index < -0.39 is 0 Å². The van der Waals surface area contributed by atoms with E-state index in [-0.39, 0.29) is 11.8 Å². The van der Waals surface area contributed by atoms with Crippen molar-refractivity contribution in [3.63, 3.8) is 0 Å². The molecule has 0 saturated carbocycles. The number of hydrogen-bond donors (Lipinski definition) is 1. The quantitative estimate of drug-likeness (QED) is 0.545. The van der Waals surface area contributed by atoms with Crippen LogP contribution in [0.25, 0.3) is 11.1 Å². The Labute approximate surface area is 186 Å². The molecule has 162 valence electrons. The van der Waals surface area contributed by atoms with E-state index in [9.17, 15) is 9.59 Å². The number of para-hydroxylation sites is 2. The third-order valence-corrected chi connectivity index (χ3v) is 6.35. The molecular formula is C24H27N3O3S. The Morgan fingerprint density at radius 1 is 1.00 bits per heavy atom. The van der Waals surface area contributed by atoms with Gasteiger partial charge in [-0.1, -0.05) is 54.9 Å². The van der Waals surface area contributed by atoms with Gasteiger partial charge >= 0.3 is 0 Å². The van der Waals surface area contributed by atoms with Crippen molar-refractivity contribution >= 4 is 34.7 Å². The zero-order chi connectivity index (χ0) is 21.5. The van der Waals surface area contributed by atoms with Crippen LogP contribution in [0.5, 0.6) is 0 Å². The second-order valence-electron chi connectivity index (χ2n) is 7.69. The lowest BCUT2D eigenvalue weighted by Crippen LogP contribution is -2.35. The fourth-order valence-corrected chi connectivity index (χ4v) is 4.62. The Bertz CT molecular complexity index is 1010. The molecule has 0 atom stereocenters. The van der Waals surface area contributed by atoms with Crippen LogP contribution in [0.15, 0.2) is 58.2 Å². The van der Waals surface area contributed by atoms with Crippen LogP contribution in [-0.2, 0) is 10.5 Å². The first-order valence-corrected chi connectivity index (χ1v) is 11.8. The molecule has 1 saturated heterocycles. The number of carbonyl (C=O) groups is 2. The highest BCUT2D eigenvalue weighted by atomic mass is 32.2. The number of amides is 2. The minimum atomic E-state index is -0.155. The van der Waals surface area contributed by atoms with E-state index in [1.807, 2.05) is 53.4 Å². The molecule has 2 amide bonds. The van der Waals surface area contributed by atoms with E-state index in [0.29, 0.717) is 29.5 Å². The average Bonchev–Trinajstić information content (AvgIpc) is 3.01. The van der Waals surface area contributed by atoms with Gasteiger partial charge in [-0.05, 0) is 36.6 Å². The number of nitrogens with zero attached hydrogens (tertiary/aromatic N) is 2. The second kappa shape index (κ2) is 10.5. The third kappa shape index (κ3) is 5.67. The van der Waals surface area contributed by atoms with Gasteiger partial charge in [0.15, 0.2) is 5.58 Å². The smallest absolute Gasteiger partial charge is 0.257 e. The van der Waals surface area contributed by atoms with Crippen molar-refractivity contribution in [2.75, 3.05) is 19.6 Å². The Balaban J connectivity index is 1.31. The lowest BCUT2D eigenvalue weighted by Gasteiger charge is -2.20. The predicted octanol–water partition coefficient (Wildman–Crippen LogP) is 4.64. The normalized spacial score (nSPS) is 14.4. The van der Waals surface area contributed by atoms with Crippen molar-refractivity contribution in [3.8, 4) is 0 Å². The summed E-state index contributed by atoms with van der Waals surface area (Å²) in [5.41, 5.74) is 3.11. The largest absolute Gasteiger partial charge is 0.431 e. The van der Waals surface area contributed by atoms with E-state index >= 15 is 0 Å². The number of benzene rings is 2. The molecule has 4 rings (SSSR count). The highest BCUT2D eigenvalue weighted by molar-refractivity contribution is 7.98. The van der Waals surface area contributed by atoms with E-state index in [1.54, 1.807) is 0 Å². The molecule has 0 aliphatic carbocycles. The average molecular weight is 438 g/mol. The maximum Gasteiger partial charge on any atom is 0.257 e. The number of thioether (sulfide) groups is 1. The summed E-state index contributed by atoms with van der Waals surface area (Å²) >= 11 is 1.46. The van der Waals surface area contributed by atoms with Crippen LogP contribution in [0, 0.1) is 0 Å². The summed E-state index contributed by atoms with van der Waals surface area (Å²) in [6.45, 7) is 2.02. The number of oxazole rings is 1. The van der Waals surface area contributed by atoms with E-state index in [4.69, 9.17) is 4.42 Å². The molecule has 2 heterocycles. The first-order valence-electron chi connectivity index (χ1n) is 10.8. The highest BCUT2D eigenvalue weighted by Crippen LogP contribution is 2.27. The summed E-state index contributed by atoms with van der Waals surface area (Å²) in [5, 5.41) is 3.49. The summed E-state index contributed by atoms with van der Waals surface area (Å²) < 4.78 is 5.76. The van der Waals surface area contributed by atoms with Crippen LogP contribution in [0.2, 0.25) is 0 Å². The molecule has 1 N–H and O–H groups in total. The molecule has 31 heavy (non-hydrogen) atoms. The van der Waals surface area contributed by atoms with Gasteiger partial charge in [-0.3, -0.25) is 9.59 Å².